The molecular formula is C17H25F2NO2. The number of aryl methyl sites for hydroxylation is 1. The Balaban J connectivity index is 1.68. The number of hydrogen-bond donors (Lipinski definition) is 2. The summed E-state index contributed by atoms with van der Waals surface area (Å²) >= 11 is 0. The van der Waals surface area contributed by atoms with Gasteiger partial charge in [-0.1, -0.05) is 18.6 Å². The summed E-state index contributed by atoms with van der Waals surface area (Å²) < 4.78 is 28.5. The predicted octanol–water partition coefficient (Wildman–Crippen LogP) is 3.36. The lowest BCUT2D eigenvalue weighted by Crippen LogP contribution is -2.34. The third-order valence-electron chi connectivity index (χ3n) is 4.36. The van der Waals surface area contributed by atoms with Crippen molar-refractivity contribution < 1.29 is 18.6 Å². The van der Waals surface area contributed by atoms with Crippen molar-refractivity contribution in [3.8, 4) is 5.75 Å². The summed E-state index contributed by atoms with van der Waals surface area (Å²) in [6.45, 7) is 0.222. The van der Waals surface area contributed by atoms with E-state index in [-0.39, 0.29) is 11.9 Å². The van der Waals surface area contributed by atoms with E-state index in [1.807, 2.05) is 12.1 Å². The molecule has 22 heavy (non-hydrogen) atoms. The van der Waals surface area contributed by atoms with Crippen LogP contribution in [0.2, 0.25) is 0 Å². The maximum Gasteiger partial charge on any atom is 0.387 e. The van der Waals surface area contributed by atoms with Crippen LogP contribution in [0.5, 0.6) is 5.75 Å². The molecule has 1 aromatic rings. The van der Waals surface area contributed by atoms with Gasteiger partial charge in [0.25, 0.3) is 0 Å². The van der Waals surface area contributed by atoms with Gasteiger partial charge in [-0.2, -0.15) is 8.78 Å². The highest BCUT2D eigenvalue weighted by Crippen LogP contribution is 2.24. The van der Waals surface area contributed by atoms with Crippen LogP contribution in [0.25, 0.3) is 0 Å². The Morgan fingerprint density at radius 1 is 1.27 bits per heavy atom. The molecule has 0 amide bonds. The fraction of sp³-hybridized carbons (Fsp3) is 0.647. The quantitative estimate of drug-likeness (QED) is 0.773. The maximum atomic E-state index is 12.1. The van der Waals surface area contributed by atoms with Gasteiger partial charge in [0.15, 0.2) is 0 Å². The van der Waals surface area contributed by atoms with E-state index in [0.29, 0.717) is 12.0 Å². The summed E-state index contributed by atoms with van der Waals surface area (Å²) in [5.74, 6) is 0.577. The van der Waals surface area contributed by atoms with Crippen LogP contribution in [0.1, 0.15) is 38.2 Å². The van der Waals surface area contributed by atoms with Crippen LogP contribution in [0, 0.1) is 5.92 Å². The number of hydrogen-bond acceptors (Lipinski definition) is 3. The molecule has 1 aliphatic rings. The molecule has 1 aromatic carbocycles. The van der Waals surface area contributed by atoms with Crippen molar-refractivity contribution in [2.45, 2.75) is 57.8 Å². The van der Waals surface area contributed by atoms with Gasteiger partial charge in [-0.15, -0.1) is 0 Å². The first kappa shape index (κ1) is 17.2. The van der Waals surface area contributed by atoms with Crippen LogP contribution in [-0.4, -0.2) is 30.4 Å². The van der Waals surface area contributed by atoms with Crippen LogP contribution >= 0.6 is 0 Å². The number of aliphatic hydroxyl groups is 1. The van der Waals surface area contributed by atoms with Gasteiger partial charge in [-0.25, -0.2) is 0 Å². The van der Waals surface area contributed by atoms with E-state index in [1.54, 1.807) is 12.1 Å². The number of benzene rings is 1. The second kappa shape index (κ2) is 8.44. The fourth-order valence-electron chi connectivity index (χ4n) is 2.93. The second-order valence-electron chi connectivity index (χ2n) is 6.13. The number of nitrogens with one attached hydrogen (secondary N) is 1. The first-order valence-electron chi connectivity index (χ1n) is 8.00. The predicted molar refractivity (Wildman–Crippen MR) is 82.2 cm³/mol. The topological polar surface area (TPSA) is 41.5 Å². The summed E-state index contributed by atoms with van der Waals surface area (Å²) in [7, 11) is 0. The molecule has 0 bridgehead atoms. The molecule has 0 saturated heterocycles. The summed E-state index contributed by atoms with van der Waals surface area (Å²) in [5, 5.41) is 13.3. The summed E-state index contributed by atoms with van der Waals surface area (Å²) in [6.07, 6.45) is 4.85. The molecule has 2 rings (SSSR count). The second-order valence-corrected chi connectivity index (χ2v) is 6.13. The largest absolute Gasteiger partial charge is 0.435 e. The van der Waals surface area contributed by atoms with Crippen molar-refractivity contribution in [2.24, 2.45) is 5.92 Å². The molecule has 3 unspecified atom stereocenters. The molecule has 0 heterocycles. The third kappa shape index (κ3) is 5.54. The monoisotopic (exact) mass is 313 g/mol. The fourth-order valence-corrected chi connectivity index (χ4v) is 2.93. The molecule has 0 aromatic heterocycles. The van der Waals surface area contributed by atoms with E-state index < -0.39 is 6.61 Å². The van der Waals surface area contributed by atoms with Gasteiger partial charge in [-0.3, -0.25) is 0 Å². The Kier molecular flexibility index (Phi) is 6.58. The third-order valence-corrected chi connectivity index (χ3v) is 4.36. The van der Waals surface area contributed by atoms with Gasteiger partial charge in [0.2, 0.25) is 0 Å². The van der Waals surface area contributed by atoms with Gasteiger partial charge in [0.05, 0.1) is 6.10 Å². The number of aliphatic hydroxyl groups excluding tert-OH is 1. The highest BCUT2D eigenvalue weighted by atomic mass is 19.3. The van der Waals surface area contributed by atoms with Crippen LogP contribution in [0.4, 0.5) is 8.78 Å². The van der Waals surface area contributed by atoms with E-state index in [2.05, 4.69) is 17.0 Å². The lowest BCUT2D eigenvalue weighted by Gasteiger charge is -2.19. The number of halogens is 2. The van der Waals surface area contributed by atoms with Crippen LogP contribution in [0.3, 0.4) is 0 Å². The van der Waals surface area contributed by atoms with Crippen molar-refractivity contribution in [3.63, 3.8) is 0 Å². The van der Waals surface area contributed by atoms with Crippen molar-refractivity contribution in [1.82, 2.24) is 5.32 Å². The first-order valence-corrected chi connectivity index (χ1v) is 8.00. The minimum atomic E-state index is -2.78. The van der Waals surface area contributed by atoms with E-state index in [1.165, 1.54) is 0 Å². The van der Waals surface area contributed by atoms with Gasteiger partial charge >= 0.3 is 6.61 Å². The standard InChI is InChI=1S/C17H25F2NO2/c1-12(20-11-14-3-2-4-16(14)21)5-6-13-7-9-15(10-8-13)22-17(18)19/h7-10,12,14,16-17,20-21H,2-6,11H2,1H3. The van der Waals surface area contributed by atoms with Gasteiger partial charge in [-0.05, 0) is 56.2 Å². The minimum Gasteiger partial charge on any atom is -0.435 e. The zero-order valence-corrected chi connectivity index (χ0v) is 13.0. The summed E-state index contributed by atoms with van der Waals surface area (Å²) in [5.41, 5.74) is 1.11. The Bertz CT molecular complexity index is 439. The number of alkyl halides is 2. The normalized spacial score (nSPS) is 23.0. The first-order chi connectivity index (χ1) is 10.5. The van der Waals surface area contributed by atoms with Gasteiger partial charge < -0.3 is 15.2 Å². The Morgan fingerprint density at radius 2 is 2.00 bits per heavy atom. The number of ether oxygens (including phenoxy) is 1. The SMILES string of the molecule is CC(CCc1ccc(OC(F)F)cc1)NCC1CCCC1O. The molecule has 0 aliphatic heterocycles. The van der Waals surface area contributed by atoms with Gasteiger partial charge in [0, 0.05) is 12.6 Å². The zero-order chi connectivity index (χ0) is 15.9. The maximum absolute atomic E-state index is 12.1. The Labute approximate surface area is 130 Å². The van der Waals surface area contributed by atoms with E-state index in [0.717, 1.165) is 44.2 Å². The average Bonchev–Trinajstić information content (AvgIpc) is 2.89. The van der Waals surface area contributed by atoms with Crippen molar-refractivity contribution in [1.29, 1.82) is 0 Å². The minimum absolute atomic E-state index is 0.151. The summed E-state index contributed by atoms with van der Waals surface area (Å²) in [4.78, 5) is 0. The average molecular weight is 313 g/mol. The molecule has 2 N–H and O–H groups in total. The highest BCUT2D eigenvalue weighted by Gasteiger charge is 2.24. The van der Waals surface area contributed by atoms with Crippen molar-refractivity contribution in [2.75, 3.05) is 6.54 Å². The van der Waals surface area contributed by atoms with E-state index in [9.17, 15) is 13.9 Å². The summed E-state index contributed by atoms with van der Waals surface area (Å²) in [6, 6.07) is 7.17. The molecule has 0 spiro atoms. The molecule has 0 radical (unpaired) electrons. The molecule has 5 heteroatoms. The van der Waals surface area contributed by atoms with Crippen molar-refractivity contribution in [3.05, 3.63) is 29.8 Å². The van der Waals surface area contributed by atoms with E-state index >= 15 is 0 Å². The molecule has 124 valence electrons. The Hall–Kier alpha value is -1.20. The van der Waals surface area contributed by atoms with E-state index in [4.69, 9.17) is 0 Å². The van der Waals surface area contributed by atoms with Crippen molar-refractivity contribution >= 4 is 0 Å². The molecular weight excluding hydrogens is 288 g/mol. The molecule has 1 fully saturated rings. The van der Waals surface area contributed by atoms with Gasteiger partial charge in [0.1, 0.15) is 5.75 Å². The number of rotatable bonds is 8. The smallest absolute Gasteiger partial charge is 0.387 e. The Morgan fingerprint density at radius 3 is 2.59 bits per heavy atom. The molecule has 1 saturated carbocycles. The molecule has 3 atom stereocenters. The highest BCUT2D eigenvalue weighted by molar-refractivity contribution is 5.27. The van der Waals surface area contributed by atoms with Crippen LogP contribution < -0.4 is 10.1 Å². The zero-order valence-electron chi connectivity index (χ0n) is 13.0. The lowest BCUT2D eigenvalue weighted by atomic mass is 10.0. The lowest BCUT2D eigenvalue weighted by molar-refractivity contribution is -0.0498. The molecule has 1 aliphatic carbocycles. The van der Waals surface area contributed by atoms with Crippen LogP contribution in [-0.2, 0) is 6.42 Å². The van der Waals surface area contributed by atoms with Crippen LogP contribution in [0.15, 0.2) is 24.3 Å². The molecule has 3 nitrogen and oxygen atoms in total.